The zero-order valence-electron chi connectivity index (χ0n) is 15.6. The third-order valence-corrected chi connectivity index (χ3v) is 4.72. The minimum Gasteiger partial charge on any atom is -0.455 e. The van der Waals surface area contributed by atoms with Crippen molar-refractivity contribution in [3.63, 3.8) is 0 Å². The molecule has 28 heavy (non-hydrogen) atoms. The molecule has 3 aromatic rings. The molecule has 8 heteroatoms. The molecule has 0 radical (unpaired) electrons. The number of piperidine rings is 1. The van der Waals surface area contributed by atoms with Crippen LogP contribution in [0.5, 0.6) is 11.5 Å². The van der Waals surface area contributed by atoms with E-state index in [4.69, 9.17) is 4.74 Å². The summed E-state index contributed by atoms with van der Waals surface area (Å²) in [6.45, 7) is 3.84. The highest BCUT2D eigenvalue weighted by atomic mass is 16.5. The SMILES string of the molecule is Cc1cc(NC(=O)c2cn(C3CCNCC3)nn2)ccc1Oc1cccnc1. The fraction of sp³-hybridized carbons (Fsp3) is 0.300. The molecule has 0 atom stereocenters. The first-order chi connectivity index (χ1) is 13.7. The van der Waals surface area contributed by atoms with Crippen molar-refractivity contribution in [2.24, 2.45) is 0 Å². The molecule has 8 nitrogen and oxygen atoms in total. The summed E-state index contributed by atoms with van der Waals surface area (Å²) < 4.78 is 7.62. The predicted molar refractivity (Wildman–Crippen MR) is 105 cm³/mol. The first-order valence-corrected chi connectivity index (χ1v) is 9.31. The molecule has 0 saturated carbocycles. The van der Waals surface area contributed by atoms with E-state index in [9.17, 15) is 4.79 Å². The maximum atomic E-state index is 12.5. The number of ether oxygens (including phenoxy) is 1. The summed E-state index contributed by atoms with van der Waals surface area (Å²) in [5.74, 6) is 1.10. The Labute approximate surface area is 162 Å². The number of aromatic nitrogens is 4. The van der Waals surface area contributed by atoms with E-state index in [0.717, 1.165) is 31.5 Å². The normalized spacial score (nSPS) is 14.6. The van der Waals surface area contributed by atoms with Gasteiger partial charge in [0.1, 0.15) is 11.5 Å². The number of hydrogen-bond donors (Lipinski definition) is 2. The van der Waals surface area contributed by atoms with Gasteiger partial charge in [-0.25, -0.2) is 4.68 Å². The Balaban J connectivity index is 1.42. The van der Waals surface area contributed by atoms with E-state index in [1.165, 1.54) is 0 Å². The number of hydrogen-bond acceptors (Lipinski definition) is 6. The number of pyridine rings is 1. The molecule has 0 spiro atoms. The first-order valence-electron chi connectivity index (χ1n) is 9.31. The van der Waals surface area contributed by atoms with Gasteiger partial charge in [-0.05, 0) is 68.8 Å². The van der Waals surface area contributed by atoms with E-state index < -0.39 is 0 Å². The Hall–Kier alpha value is -3.26. The molecule has 1 fully saturated rings. The van der Waals surface area contributed by atoms with Gasteiger partial charge in [0, 0.05) is 11.9 Å². The lowest BCUT2D eigenvalue weighted by molar-refractivity contribution is 0.102. The summed E-state index contributed by atoms with van der Waals surface area (Å²) in [6, 6.07) is 9.43. The number of aryl methyl sites for hydroxylation is 1. The van der Waals surface area contributed by atoms with Gasteiger partial charge in [-0.3, -0.25) is 9.78 Å². The second-order valence-corrected chi connectivity index (χ2v) is 6.79. The average Bonchev–Trinajstić information content (AvgIpc) is 3.22. The van der Waals surface area contributed by atoms with Crippen molar-refractivity contribution in [3.05, 3.63) is 60.2 Å². The van der Waals surface area contributed by atoms with Crippen LogP contribution in [-0.4, -0.2) is 39.0 Å². The monoisotopic (exact) mass is 378 g/mol. The highest BCUT2D eigenvalue weighted by Gasteiger charge is 2.19. The minimum atomic E-state index is -0.277. The number of rotatable bonds is 5. The van der Waals surface area contributed by atoms with Crippen LogP contribution in [0.4, 0.5) is 5.69 Å². The molecular formula is C20H22N6O2. The quantitative estimate of drug-likeness (QED) is 0.709. The van der Waals surface area contributed by atoms with Gasteiger partial charge < -0.3 is 15.4 Å². The summed E-state index contributed by atoms with van der Waals surface area (Å²) in [5, 5.41) is 14.4. The highest BCUT2D eigenvalue weighted by Crippen LogP contribution is 2.27. The molecule has 0 bridgehead atoms. The molecule has 144 valence electrons. The summed E-state index contributed by atoms with van der Waals surface area (Å²) >= 11 is 0. The van der Waals surface area contributed by atoms with Gasteiger partial charge in [0.25, 0.3) is 5.91 Å². The smallest absolute Gasteiger partial charge is 0.277 e. The lowest BCUT2D eigenvalue weighted by Gasteiger charge is -2.22. The Morgan fingerprint density at radius 3 is 2.89 bits per heavy atom. The zero-order chi connectivity index (χ0) is 19.3. The molecule has 3 heterocycles. The van der Waals surface area contributed by atoms with Crippen molar-refractivity contribution < 1.29 is 9.53 Å². The van der Waals surface area contributed by atoms with E-state index in [2.05, 4.69) is 25.9 Å². The van der Waals surface area contributed by atoms with Crippen LogP contribution in [0.25, 0.3) is 0 Å². The van der Waals surface area contributed by atoms with E-state index in [1.807, 2.05) is 31.2 Å². The second kappa shape index (κ2) is 8.18. The molecule has 2 aromatic heterocycles. The average molecular weight is 378 g/mol. The molecular weight excluding hydrogens is 356 g/mol. The predicted octanol–water partition coefficient (Wildman–Crippen LogP) is 2.95. The third-order valence-electron chi connectivity index (χ3n) is 4.72. The van der Waals surface area contributed by atoms with Gasteiger partial charge in [0.05, 0.1) is 18.4 Å². The maximum Gasteiger partial charge on any atom is 0.277 e. The summed E-state index contributed by atoms with van der Waals surface area (Å²) in [5.41, 5.74) is 1.89. The van der Waals surface area contributed by atoms with Crippen LogP contribution >= 0.6 is 0 Å². The molecule has 2 N–H and O–H groups in total. The van der Waals surface area contributed by atoms with Crippen LogP contribution in [0.1, 0.15) is 34.9 Å². The van der Waals surface area contributed by atoms with E-state index in [1.54, 1.807) is 29.3 Å². The highest BCUT2D eigenvalue weighted by molar-refractivity contribution is 6.02. The number of carbonyl (C=O) groups excluding carboxylic acids is 1. The summed E-state index contributed by atoms with van der Waals surface area (Å²) in [6.07, 6.45) is 7.04. The van der Waals surface area contributed by atoms with E-state index in [-0.39, 0.29) is 5.91 Å². The lowest BCUT2D eigenvalue weighted by atomic mass is 10.1. The van der Waals surface area contributed by atoms with Gasteiger partial charge in [-0.1, -0.05) is 5.21 Å². The van der Waals surface area contributed by atoms with Crippen LogP contribution in [0.2, 0.25) is 0 Å². The molecule has 1 aliphatic heterocycles. The Bertz CT molecular complexity index is 950. The Morgan fingerprint density at radius 1 is 1.29 bits per heavy atom. The van der Waals surface area contributed by atoms with Gasteiger partial charge in [-0.2, -0.15) is 0 Å². The van der Waals surface area contributed by atoms with Crippen LogP contribution in [0.15, 0.2) is 48.9 Å². The van der Waals surface area contributed by atoms with Gasteiger partial charge in [0.15, 0.2) is 5.69 Å². The lowest BCUT2D eigenvalue weighted by Crippen LogP contribution is -2.29. The molecule has 4 rings (SSSR count). The molecule has 0 aliphatic carbocycles. The standard InChI is InChI=1S/C20H22N6O2/c1-14-11-15(4-5-19(14)28-17-3-2-8-22-12-17)23-20(27)18-13-26(25-24-18)16-6-9-21-10-7-16/h2-5,8,11-13,16,21H,6-7,9-10H2,1H3,(H,23,27). The summed E-state index contributed by atoms with van der Waals surface area (Å²) in [7, 11) is 0. The number of carbonyl (C=O) groups is 1. The molecule has 1 aromatic carbocycles. The Morgan fingerprint density at radius 2 is 2.14 bits per heavy atom. The third kappa shape index (κ3) is 4.17. The molecule has 1 saturated heterocycles. The van der Waals surface area contributed by atoms with Crippen molar-refractivity contribution in [2.75, 3.05) is 18.4 Å². The first kappa shape index (κ1) is 18.1. The second-order valence-electron chi connectivity index (χ2n) is 6.79. The number of nitrogens with zero attached hydrogens (tertiary/aromatic N) is 4. The van der Waals surface area contributed by atoms with Crippen molar-refractivity contribution >= 4 is 11.6 Å². The van der Waals surface area contributed by atoms with Crippen molar-refractivity contribution in [1.82, 2.24) is 25.3 Å². The van der Waals surface area contributed by atoms with Crippen LogP contribution in [0, 0.1) is 6.92 Å². The van der Waals surface area contributed by atoms with Gasteiger partial charge in [-0.15, -0.1) is 5.10 Å². The number of benzene rings is 1. The zero-order valence-corrected chi connectivity index (χ0v) is 15.6. The van der Waals surface area contributed by atoms with Gasteiger partial charge in [0.2, 0.25) is 0 Å². The van der Waals surface area contributed by atoms with Gasteiger partial charge >= 0.3 is 0 Å². The van der Waals surface area contributed by atoms with Crippen LogP contribution < -0.4 is 15.4 Å². The van der Waals surface area contributed by atoms with Crippen molar-refractivity contribution in [1.29, 1.82) is 0 Å². The Kier molecular flexibility index (Phi) is 5.29. The number of anilines is 1. The minimum absolute atomic E-state index is 0.277. The summed E-state index contributed by atoms with van der Waals surface area (Å²) in [4.78, 5) is 16.6. The van der Waals surface area contributed by atoms with E-state index in [0.29, 0.717) is 28.9 Å². The fourth-order valence-electron chi connectivity index (χ4n) is 3.20. The van der Waals surface area contributed by atoms with E-state index >= 15 is 0 Å². The molecule has 1 amide bonds. The largest absolute Gasteiger partial charge is 0.455 e. The fourth-order valence-corrected chi connectivity index (χ4v) is 3.20. The van der Waals surface area contributed by atoms with Crippen LogP contribution in [0.3, 0.4) is 0 Å². The number of amides is 1. The molecule has 0 unspecified atom stereocenters. The van der Waals surface area contributed by atoms with Crippen molar-refractivity contribution in [3.8, 4) is 11.5 Å². The number of nitrogens with one attached hydrogen (secondary N) is 2. The topological polar surface area (TPSA) is 94.0 Å². The van der Waals surface area contributed by atoms with Crippen LogP contribution in [-0.2, 0) is 0 Å². The molecule has 1 aliphatic rings. The van der Waals surface area contributed by atoms with Crippen molar-refractivity contribution in [2.45, 2.75) is 25.8 Å². The maximum absolute atomic E-state index is 12.5.